The Morgan fingerprint density at radius 2 is 1.88 bits per heavy atom. The molecule has 0 saturated heterocycles. The molecule has 1 aliphatic rings. The van der Waals surface area contributed by atoms with Gasteiger partial charge in [0.05, 0.1) is 5.75 Å². The van der Waals surface area contributed by atoms with E-state index in [0.29, 0.717) is 19.5 Å². The maximum atomic E-state index is 12.1. The Kier molecular flexibility index (Phi) is 4.37. The van der Waals surface area contributed by atoms with E-state index in [0.717, 1.165) is 12.8 Å². The SMILES string of the molecule is CC(C)(C)CCS(=O)(=O)N(CCN)C1CC1. The molecule has 0 aromatic carbocycles. The van der Waals surface area contributed by atoms with Gasteiger partial charge in [-0.3, -0.25) is 0 Å². The predicted molar refractivity (Wildman–Crippen MR) is 66.6 cm³/mol. The van der Waals surface area contributed by atoms with Crippen molar-refractivity contribution in [3.8, 4) is 0 Å². The highest BCUT2D eigenvalue weighted by Gasteiger charge is 2.36. The zero-order chi connectivity index (χ0) is 12.4. The summed E-state index contributed by atoms with van der Waals surface area (Å²) >= 11 is 0. The van der Waals surface area contributed by atoms with E-state index in [1.54, 1.807) is 4.31 Å². The summed E-state index contributed by atoms with van der Waals surface area (Å²) in [5, 5.41) is 0. The van der Waals surface area contributed by atoms with Gasteiger partial charge in [-0.15, -0.1) is 0 Å². The van der Waals surface area contributed by atoms with Crippen LogP contribution in [0.15, 0.2) is 0 Å². The van der Waals surface area contributed by atoms with Gasteiger partial charge in [-0.1, -0.05) is 20.8 Å². The Labute approximate surface area is 99.2 Å². The zero-order valence-corrected chi connectivity index (χ0v) is 11.4. The molecule has 0 aromatic heterocycles. The number of hydrogen-bond donors (Lipinski definition) is 1. The molecule has 1 aliphatic carbocycles. The van der Waals surface area contributed by atoms with Crippen LogP contribution in [-0.2, 0) is 10.0 Å². The first-order valence-corrected chi connectivity index (χ1v) is 7.57. The lowest BCUT2D eigenvalue weighted by Crippen LogP contribution is -2.39. The van der Waals surface area contributed by atoms with E-state index in [1.807, 2.05) is 0 Å². The molecule has 96 valence electrons. The fraction of sp³-hybridized carbons (Fsp3) is 1.00. The molecule has 16 heavy (non-hydrogen) atoms. The van der Waals surface area contributed by atoms with E-state index in [4.69, 9.17) is 5.73 Å². The van der Waals surface area contributed by atoms with Gasteiger partial charge in [0.15, 0.2) is 0 Å². The van der Waals surface area contributed by atoms with Crippen LogP contribution in [0.5, 0.6) is 0 Å². The number of hydrogen-bond acceptors (Lipinski definition) is 3. The van der Waals surface area contributed by atoms with Crippen molar-refractivity contribution in [3.63, 3.8) is 0 Å². The van der Waals surface area contributed by atoms with E-state index >= 15 is 0 Å². The molecular weight excluding hydrogens is 224 g/mol. The lowest BCUT2D eigenvalue weighted by atomic mass is 9.94. The van der Waals surface area contributed by atoms with Crippen molar-refractivity contribution in [1.29, 1.82) is 0 Å². The Morgan fingerprint density at radius 3 is 2.25 bits per heavy atom. The van der Waals surface area contributed by atoms with E-state index in [2.05, 4.69) is 20.8 Å². The molecule has 1 rings (SSSR count). The van der Waals surface area contributed by atoms with Gasteiger partial charge in [-0.25, -0.2) is 8.42 Å². The van der Waals surface area contributed by atoms with Gasteiger partial charge in [0.2, 0.25) is 10.0 Å². The first-order chi connectivity index (χ1) is 7.26. The standard InChI is InChI=1S/C11H24N2O2S/c1-11(2,3)6-9-16(14,15)13(8-7-12)10-4-5-10/h10H,4-9,12H2,1-3H3. The topological polar surface area (TPSA) is 63.4 Å². The highest BCUT2D eigenvalue weighted by Crippen LogP contribution is 2.30. The Bertz CT molecular complexity index is 315. The van der Waals surface area contributed by atoms with Crippen LogP contribution in [-0.4, -0.2) is 37.6 Å². The van der Waals surface area contributed by atoms with Crippen molar-refractivity contribution in [2.75, 3.05) is 18.8 Å². The quantitative estimate of drug-likeness (QED) is 0.767. The van der Waals surface area contributed by atoms with Crippen LogP contribution in [0, 0.1) is 5.41 Å². The van der Waals surface area contributed by atoms with E-state index < -0.39 is 10.0 Å². The third-order valence-electron chi connectivity index (χ3n) is 2.77. The van der Waals surface area contributed by atoms with Gasteiger partial charge in [-0.2, -0.15) is 4.31 Å². The molecule has 5 heteroatoms. The molecule has 1 saturated carbocycles. The van der Waals surface area contributed by atoms with Gasteiger partial charge in [0.25, 0.3) is 0 Å². The van der Waals surface area contributed by atoms with Crippen molar-refractivity contribution < 1.29 is 8.42 Å². The second kappa shape index (κ2) is 5.02. The molecule has 0 amide bonds. The third-order valence-corrected chi connectivity index (χ3v) is 4.69. The molecule has 0 aromatic rings. The molecule has 0 heterocycles. The predicted octanol–water partition coefficient (Wildman–Crippen LogP) is 1.18. The van der Waals surface area contributed by atoms with Crippen LogP contribution < -0.4 is 5.73 Å². The molecule has 0 aliphatic heterocycles. The summed E-state index contributed by atoms with van der Waals surface area (Å²) in [6.45, 7) is 7.06. The number of rotatable bonds is 6. The van der Waals surface area contributed by atoms with Gasteiger partial charge in [-0.05, 0) is 24.7 Å². The highest BCUT2D eigenvalue weighted by atomic mass is 32.2. The van der Waals surface area contributed by atoms with Crippen LogP contribution in [0.1, 0.15) is 40.0 Å². The zero-order valence-electron chi connectivity index (χ0n) is 10.6. The fourth-order valence-electron chi connectivity index (χ4n) is 1.59. The maximum absolute atomic E-state index is 12.1. The Morgan fingerprint density at radius 1 is 1.31 bits per heavy atom. The highest BCUT2D eigenvalue weighted by molar-refractivity contribution is 7.89. The molecule has 1 fully saturated rings. The average Bonchev–Trinajstić information content (AvgIpc) is 2.93. The second-order valence-electron chi connectivity index (χ2n) is 5.76. The third kappa shape index (κ3) is 4.39. The van der Waals surface area contributed by atoms with Crippen molar-refractivity contribution >= 4 is 10.0 Å². The molecule has 0 atom stereocenters. The average molecular weight is 248 g/mol. The number of nitrogens with zero attached hydrogens (tertiary/aromatic N) is 1. The van der Waals surface area contributed by atoms with Crippen molar-refractivity contribution in [2.45, 2.75) is 46.1 Å². The summed E-state index contributed by atoms with van der Waals surface area (Å²) in [7, 11) is -3.10. The maximum Gasteiger partial charge on any atom is 0.214 e. The summed E-state index contributed by atoms with van der Waals surface area (Å²) < 4.78 is 25.8. The monoisotopic (exact) mass is 248 g/mol. The largest absolute Gasteiger partial charge is 0.329 e. The second-order valence-corrected chi connectivity index (χ2v) is 7.80. The van der Waals surface area contributed by atoms with Crippen molar-refractivity contribution in [2.24, 2.45) is 11.1 Å². The summed E-state index contributed by atoms with van der Waals surface area (Å²) in [6, 6.07) is 0.230. The lowest BCUT2D eigenvalue weighted by Gasteiger charge is -2.24. The molecule has 4 nitrogen and oxygen atoms in total. The fourth-order valence-corrected chi connectivity index (χ4v) is 3.74. The number of nitrogens with two attached hydrogens (primary N) is 1. The van der Waals surface area contributed by atoms with E-state index in [-0.39, 0.29) is 17.2 Å². The lowest BCUT2D eigenvalue weighted by molar-refractivity contribution is 0.377. The molecule has 0 radical (unpaired) electrons. The van der Waals surface area contributed by atoms with Gasteiger partial charge >= 0.3 is 0 Å². The van der Waals surface area contributed by atoms with Gasteiger partial charge in [0, 0.05) is 19.1 Å². The summed E-state index contributed by atoms with van der Waals surface area (Å²) in [5.74, 6) is 0.243. The summed E-state index contributed by atoms with van der Waals surface area (Å²) in [4.78, 5) is 0. The minimum absolute atomic E-state index is 0.0605. The Hall–Kier alpha value is -0.130. The number of sulfonamides is 1. The normalized spacial score (nSPS) is 18.1. The van der Waals surface area contributed by atoms with Crippen LogP contribution in [0.25, 0.3) is 0 Å². The molecule has 0 bridgehead atoms. The van der Waals surface area contributed by atoms with Crippen molar-refractivity contribution in [1.82, 2.24) is 4.31 Å². The van der Waals surface area contributed by atoms with Crippen LogP contribution in [0.2, 0.25) is 0 Å². The van der Waals surface area contributed by atoms with Gasteiger partial charge in [0.1, 0.15) is 0 Å². The summed E-state index contributed by atoms with van der Waals surface area (Å²) in [5.41, 5.74) is 5.53. The van der Waals surface area contributed by atoms with Crippen LogP contribution in [0.3, 0.4) is 0 Å². The van der Waals surface area contributed by atoms with Crippen LogP contribution >= 0.6 is 0 Å². The van der Waals surface area contributed by atoms with E-state index in [9.17, 15) is 8.42 Å². The van der Waals surface area contributed by atoms with E-state index in [1.165, 1.54) is 0 Å². The van der Waals surface area contributed by atoms with Gasteiger partial charge < -0.3 is 5.73 Å². The molecular formula is C11H24N2O2S. The molecule has 2 N–H and O–H groups in total. The first kappa shape index (κ1) is 13.9. The smallest absolute Gasteiger partial charge is 0.214 e. The minimum atomic E-state index is -3.10. The minimum Gasteiger partial charge on any atom is -0.329 e. The summed E-state index contributed by atoms with van der Waals surface area (Å²) in [6.07, 6.45) is 2.69. The van der Waals surface area contributed by atoms with Crippen LogP contribution in [0.4, 0.5) is 0 Å². The molecule has 0 unspecified atom stereocenters. The molecule has 0 spiro atoms. The first-order valence-electron chi connectivity index (χ1n) is 5.96. The van der Waals surface area contributed by atoms with Crippen molar-refractivity contribution in [3.05, 3.63) is 0 Å². The Balaban J connectivity index is 2.59.